The lowest BCUT2D eigenvalue weighted by Crippen LogP contribution is -2.25. The molecular weight excluding hydrogens is 358 g/mol. The average molecular weight is 374 g/mol. The summed E-state index contributed by atoms with van der Waals surface area (Å²) in [5.41, 5.74) is 1.04. The van der Waals surface area contributed by atoms with Crippen molar-refractivity contribution in [1.29, 1.82) is 0 Å². The Balaban J connectivity index is 1.80. The molecule has 3 rings (SSSR count). The van der Waals surface area contributed by atoms with Crippen LogP contribution in [-0.2, 0) is 6.54 Å². The molecule has 0 unspecified atom stereocenters. The molecule has 1 N–H and O–H groups in total. The van der Waals surface area contributed by atoms with Crippen LogP contribution < -0.4 is 14.8 Å². The third-order valence-electron chi connectivity index (χ3n) is 3.67. The van der Waals surface area contributed by atoms with Crippen molar-refractivity contribution in [3.05, 3.63) is 58.9 Å². The van der Waals surface area contributed by atoms with Gasteiger partial charge in [0.25, 0.3) is 5.91 Å². The first-order valence-electron chi connectivity index (χ1n) is 7.66. The highest BCUT2D eigenvalue weighted by Crippen LogP contribution is 2.28. The first-order chi connectivity index (χ1) is 12.6. The molecule has 1 heterocycles. The van der Waals surface area contributed by atoms with E-state index >= 15 is 0 Å². The van der Waals surface area contributed by atoms with Crippen molar-refractivity contribution < 1.29 is 14.3 Å². The number of tetrazole rings is 1. The molecule has 1 aromatic heterocycles. The highest BCUT2D eigenvalue weighted by Gasteiger charge is 2.19. The van der Waals surface area contributed by atoms with E-state index in [0.717, 1.165) is 5.69 Å². The number of benzene rings is 2. The molecule has 3 aromatic rings. The highest BCUT2D eigenvalue weighted by atomic mass is 35.5. The minimum Gasteiger partial charge on any atom is -0.496 e. The Kier molecular flexibility index (Phi) is 5.33. The first kappa shape index (κ1) is 17.7. The average Bonchev–Trinajstić information content (AvgIpc) is 3.14. The molecule has 0 fully saturated rings. The first-order valence-corrected chi connectivity index (χ1v) is 8.04. The monoisotopic (exact) mass is 373 g/mol. The number of aromatic nitrogens is 4. The van der Waals surface area contributed by atoms with E-state index in [0.29, 0.717) is 27.9 Å². The molecule has 134 valence electrons. The predicted octanol–water partition coefficient (Wildman–Crippen LogP) is 2.26. The lowest BCUT2D eigenvalue weighted by atomic mass is 10.1. The van der Waals surface area contributed by atoms with Gasteiger partial charge in [0.15, 0.2) is 5.82 Å². The zero-order valence-electron chi connectivity index (χ0n) is 14.1. The maximum atomic E-state index is 12.6. The normalized spacial score (nSPS) is 10.4. The van der Waals surface area contributed by atoms with Crippen molar-refractivity contribution >= 4 is 17.5 Å². The summed E-state index contributed by atoms with van der Waals surface area (Å²) in [6, 6.07) is 12.2. The zero-order valence-corrected chi connectivity index (χ0v) is 14.9. The predicted molar refractivity (Wildman–Crippen MR) is 94.9 cm³/mol. The Bertz CT molecular complexity index is 889. The fraction of sp³-hybridized carbons (Fsp3) is 0.176. The van der Waals surface area contributed by atoms with Crippen molar-refractivity contribution in [3.8, 4) is 17.2 Å². The highest BCUT2D eigenvalue weighted by molar-refractivity contribution is 6.30. The van der Waals surface area contributed by atoms with Crippen LogP contribution >= 0.6 is 11.6 Å². The van der Waals surface area contributed by atoms with Crippen molar-refractivity contribution in [2.24, 2.45) is 0 Å². The molecule has 1 amide bonds. The maximum Gasteiger partial charge on any atom is 0.259 e. The lowest BCUT2D eigenvalue weighted by Gasteiger charge is -2.13. The third-order valence-corrected chi connectivity index (χ3v) is 3.92. The summed E-state index contributed by atoms with van der Waals surface area (Å²) in [5.74, 6) is 0.942. The molecule has 2 aromatic carbocycles. The number of halogens is 1. The van der Waals surface area contributed by atoms with Crippen molar-refractivity contribution in [2.75, 3.05) is 14.2 Å². The summed E-state index contributed by atoms with van der Waals surface area (Å²) in [7, 11) is 2.99. The van der Waals surface area contributed by atoms with Crippen LogP contribution in [0.15, 0.2) is 42.5 Å². The van der Waals surface area contributed by atoms with E-state index in [1.54, 1.807) is 42.5 Å². The molecule has 0 saturated heterocycles. The Hall–Kier alpha value is -3.13. The molecule has 0 atom stereocenters. The summed E-state index contributed by atoms with van der Waals surface area (Å²) in [4.78, 5) is 12.6. The summed E-state index contributed by atoms with van der Waals surface area (Å²) in [6.07, 6.45) is 0. The number of nitrogens with one attached hydrogen (secondary N) is 1. The van der Waals surface area contributed by atoms with E-state index in [1.807, 2.05) is 0 Å². The van der Waals surface area contributed by atoms with Gasteiger partial charge in [-0.2, -0.15) is 4.68 Å². The fourth-order valence-electron chi connectivity index (χ4n) is 2.42. The second-order valence-electron chi connectivity index (χ2n) is 5.20. The van der Waals surface area contributed by atoms with Crippen LogP contribution in [0, 0.1) is 0 Å². The van der Waals surface area contributed by atoms with E-state index in [4.69, 9.17) is 21.1 Å². The fourth-order valence-corrected chi connectivity index (χ4v) is 2.55. The minimum atomic E-state index is -0.357. The zero-order chi connectivity index (χ0) is 18.5. The molecule has 0 bridgehead atoms. The van der Waals surface area contributed by atoms with Crippen LogP contribution in [0.2, 0.25) is 5.02 Å². The van der Waals surface area contributed by atoms with Gasteiger partial charge in [-0.3, -0.25) is 4.79 Å². The number of hydrogen-bond donors (Lipinski definition) is 1. The van der Waals surface area contributed by atoms with Crippen molar-refractivity contribution in [3.63, 3.8) is 0 Å². The van der Waals surface area contributed by atoms with Gasteiger partial charge >= 0.3 is 0 Å². The summed E-state index contributed by atoms with van der Waals surface area (Å²) >= 11 is 5.90. The molecule has 26 heavy (non-hydrogen) atoms. The van der Waals surface area contributed by atoms with Crippen LogP contribution in [0.1, 0.15) is 16.2 Å². The minimum absolute atomic E-state index is 0.121. The summed E-state index contributed by atoms with van der Waals surface area (Å²) in [6.45, 7) is 0.121. The number of rotatable bonds is 6. The van der Waals surface area contributed by atoms with E-state index in [9.17, 15) is 4.79 Å². The molecule has 0 aliphatic rings. The van der Waals surface area contributed by atoms with Crippen molar-refractivity contribution in [1.82, 2.24) is 25.5 Å². The Morgan fingerprint density at radius 3 is 2.38 bits per heavy atom. The second kappa shape index (κ2) is 7.83. The number of amides is 1. The third kappa shape index (κ3) is 3.60. The molecule has 0 spiro atoms. The molecular formula is C17H16ClN5O3. The van der Waals surface area contributed by atoms with Gasteiger partial charge in [0.2, 0.25) is 0 Å². The molecule has 0 aliphatic carbocycles. The number of ether oxygens (including phenoxy) is 2. The summed E-state index contributed by atoms with van der Waals surface area (Å²) < 4.78 is 12.0. The quantitative estimate of drug-likeness (QED) is 0.712. The number of carbonyl (C=O) groups is 1. The van der Waals surface area contributed by atoms with Crippen LogP contribution in [0.5, 0.6) is 11.5 Å². The smallest absolute Gasteiger partial charge is 0.259 e. The largest absolute Gasteiger partial charge is 0.496 e. The standard InChI is InChI=1S/C17H16ClN5O3/c1-25-13-4-3-5-14(26-2)16(13)17(24)19-10-15-20-21-22-23(15)12-8-6-11(18)7-9-12/h3-9H,10H2,1-2H3,(H,19,24). The van der Waals surface area contributed by atoms with Gasteiger partial charge in [-0.05, 0) is 46.8 Å². The van der Waals surface area contributed by atoms with E-state index < -0.39 is 0 Å². The van der Waals surface area contributed by atoms with Gasteiger partial charge in [0.05, 0.1) is 26.5 Å². The number of nitrogens with zero attached hydrogens (tertiary/aromatic N) is 4. The van der Waals surface area contributed by atoms with E-state index in [1.165, 1.54) is 18.9 Å². The molecule has 9 heteroatoms. The Morgan fingerprint density at radius 2 is 1.77 bits per heavy atom. The van der Waals surface area contributed by atoms with Gasteiger partial charge in [0.1, 0.15) is 17.1 Å². The van der Waals surface area contributed by atoms with Crippen molar-refractivity contribution in [2.45, 2.75) is 6.54 Å². The molecule has 8 nitrogen and oxygen atoms in total. The van der Waals surface area contributed by atoms with Gasteiger partial charge < -0.3 is 14.8 Å². The number of methoxy groups -OCH3 is 2. The van der Waals surface area contributed by atoms with Gasteiger partial charge in [-0.1, -0.05) is 17.7 Å². The second-order valence-corrected chi connectivity index (χ2v) is 5.64. The SMILES string of the molecule is COc1cccc(OC)c1C(=O)NCc1nnnn1-c1ccc(Cl)cc1. The lowest BCUT2D eigenvalue weighted by molar-refractivity contribution is 0.0943. The summed E-state index contributed by atoms with van der Waals surface area (Å²) in [5, 5.41) is 15.0. The van der Waals surface area contributed by atoms with Crippen LogP contribution in [-0.4, -0.2) is 40.3 Å². The number of carbonyl (C=O) groups excluding carboxylic acids is 1. The molecule has 0 aliphatic heterocycles. The molecule has 0 radical (unpaired) electrons. The van der Waals surface area contributed by atoms with Crippen LogP contribution in [0.3, 0.4) is 0 Å². The van der Waals surface area contributed by atoms with Gasteiger partial charge in [-0.15, -0.1) is 5.10 Å². The van der Waals surface area contributed by atoms with Crippen LogP contribution in [0.4, 0.5) is 0 Å². The Morgan fingerprint density at radius 1 is 1.12 bits per heavy atom. The van der Waals surface area contributed by atoms with Gasteiger partial charge in [-0.25, -0.2) is 0 Å². The maximum absolute atomic E-state index is 12.6. The van der Waals surface area contributed by atoms with E-state index in [-0.39, 0.29) is 12.5 Å². The van der Waals surface area contributed by atoms with Gasteiger partial charge in [0, 0.05) is 5.02 Å². The molecule has 0 saturated carbocycles. The Labute approximate surface area is 154 Å². The van der Waals surface area contributed by atoms with Crippen LogP contribution in [0.25, 0.3) is 5.69 Å². The van der Waals surface area contributed by atoms with E-state index in [2.05, 4.69) is 20.8 Å². The number of hydrogen-bond acceptors (Lipinski definition) is 6. The topological polar surface area (TPSA) is 91.2 Å².